The highest BCUT2D eigenvalue weighted by molar-refractivity contribution is 6.76. The van der Waals surface area contributed by atoms with Gasteiger partial charge in [-0.15, -0.1) is 0 Å². The van der Waals surface area contributed by atoms with Gasteiger partial charge in [-0.25, -0.2) is 0 Å². The molecule has 0 radical (unpaired) electrons. The normalized spacial score (nSPS) is 15.7. The van der Waals surface area contributed by atoms with Gasteiger partial charge in [-0.1, -0.05) is 35.8 Å². The van der Waals surface area contributed by atoms with Crippen LogP contribution in [-0.4, -0.2) is 13.6 Å². The Bertz CT molecular complexity index is 605. The maximum absolute atomic E-state index is 13.3. The Balaban J connectivity index is 2.08. The largest absolute Gasteiger partial charge is 0.513 e. The van der Waals surface area contributed by atoms with E-state index in [1.807, 2.05) is 0 Å². The fourth-order valence-corrected chi connectivity index (χ4v) is 2.23. The minimum Gasteiger partial charge on any atom is -0.496 e. The molecule has 19 heavy (non-hydrogen) atoms. The fraction of sp³-hybridized carbons (Fsp3) is 0.286. The van der Waals surface area contributed by atoms with Crippen LogP contribution in [-0.2, 0) is 0 Å². The number of hydrogen-bond donors (Lipinski definition) is 0. The number of fused-ring (bicyclic) bond motifs is 1. The smallest absolute Gasteiger partial charge is 0.496 e. The van der Waals surface area contributed by atoms with Crippen molar-refractivity contribution in [2.24, 2.45) is 5.92 Å². The molecule has 1 fully saturated rings. The zero-order valence-electron chi connectivity index (χ0n) is 10.3. The summed E-state index contributed by atoms with van der Waals surface area (Å²) in [5.41, 5.74) is -0.598. The van der Waals surface area contributed by atoms with E-state index < -0.39 is 12.4 Å². The zero-order valence-corrected chi connectivity index (χ0v) is 10.3. The second-order valence-electron chi connectivity index (χ2n) is 5.03. The molecule has 0 heterocycles. The number of ether oxygens (including phenoxy) is 1. The zero-order chi connectivity index (χ0) is 13.5. The molecular formula is C14H13BF3O-. The van der Waals surface area contributed by atoms with Crippen LogP contribution in [0.25, 0.3) is 10.8 Å². The third kappa shape index (κ3) is 2.55. The number of rotatable bonds is 4. The second-order valence-corrected chi connectivity index (χ2v) is 5.03. The van der Waals surface area contributed by atoms with Crippen LogP contribution < -0.4 is 10.2 Å². The summed E-state index contributed by atoms with van der Waals surface area (Å²) >= 11 is 0. The molecule has 0 saturated heterocycles. The van der Waals surface area contributed by atoms with Gasteiger partial charge in [-0.2, -0.15) is 0 Å². The van der Waals surface area contributed by atoms with Crippen molar-refractivity contribution in [1.29, 1.82) is 0 Å². The SMILES string of the molecule is F[B-](F)(F)c1c(OCC2CC2)ccc2ccccc12. The first-order valence-electron chi connectivity index (χ1n) is 6.40. The quantitative estimate of drug-likeness (QED) is 0.766. The molecule has 0 N–H and O–H groups in total. The van der Waals surface area contributed by atoms with Gasteiger partial charge in [0.2, 0.25) is 0 Å². The lowest BCUT2D eigenvalue weighted by atomic mass is 9.76. The lowest BCUT2D eigenvalue weighted by molar-refractivity contribution is 0.301. The van der Waals surface area contributed by atoms with Crippen molar-refractivity contribution in [3.63, 3.8) is 0 Å². The van der Waals surface area contributed by atoms with Gasteiger partial charge < -0.3 is 17.7 Å². The number of halogens is 3. The molecule has 3 rings (SSSR count). The molecule has 1 aliphatic rings. The molecule has 0 spiro atoms. The predicted octanol–water partition coefficient (Wildman–Crippen LogP) is 3.68. The summed E-state index contributed by atoms with van der Waals surface area (Å²) in [5, 5.41) is 0.818. The summed E-state index contributed by atoms with van der Waals surface area (Å²) in [6.07, 6.45) is 2.11. The first-order valence-corrected chi connectivity index (χ1v) is 6.40. The molecule has 1 saturated carbocycles. The van der Waals surface area contributed by atoms with Crippen LogP contribution >= 0.6 is 0 Å². The Kier molecular flexibility index (Phi) is 2.92. The van der Waals surface area contributed by atoms with Gasteiger partial charge in [-0.3, -0.25) is 0 Å². The molecule has 0 unspecified atom stereocenters. The highest BCUT2D eigenvalue weighted by Gasteiger charge is 2.32. The van der Waals surface area contributed by atoms with Gasteiger partial charge in [0.25, 0.3) is 0 Å². The van der Waals surface area contributed by atoms with Crippen molar-refractivity contribution in [2.45, 2.75) is 12.8 Å². The number of hydrogen-bond acceptors (Lipinski definition) is 1. The van der Waals surface area contributed by atoms with Crippen molar-refractivity contribution < 1.29 is 17.7 Å². The highest BCUT2D eigenvalue weighted by Crippen LogP contribution is 2.31. The van der Waals surface area contributed by atoms with Gasteiger partial charge >= 0.3 is 6.98 Å². The molecule has 5 heteroatoms. The molecule has 0 aliphatic heterocycles. The molecule has 100 valence electrons. The monoisotopic (exact) mass is 265 g/mol. The first kappa shape index (κ1) is 12.4. The summed E-state index contributed by atoms with van der Waals surface area (Å²) in [6, 6.07) is 9.67. The molecule has 1 nitrogen and oxygen atoms in total. The molecule has 0 amide bonds. The van der Waals surface area contributed by atoms with Crippen molar-refractivity contribution >= 4 is 23.2 Å². The average Bonchev–Trinajstić information content (AvgIpc) is 3.18. The van der Waals surface area contributed by atoms with Gasteiger partial charge in [0, 0.05) is 0 Å². The van der Waals surface area contributed by atoms with Crippen LogP contribution in [0.2, 0.25) is 0 Å². The Morgan fingerprint density at radius 2 is 1.79 bits per heavy atom. The van der Waals surface area contributed by atoms with E-state index in [0.717, 1.165) is 12.8 Å². The van der Waals surface area contributed by atoms with Crippen LogP contribution in [0, 0.1) is 5.92 Å². The Morgan fingerprint density at radius 3 is 2.47 bits per heavy atom. The van der Waals surface area contributed by atoms with E-state index in [2.05, 4.69) is 0 Å². The van der Waals surface area contributed by atoms with E-state index >= 15 is 0 Å². The summed E-state index contributed by atoms with van der Waals surface area (Å²) in [5.74, 6) is 0.401. The van der Waals surface area contributed by atoms with Gasteiger partial charge in [0.1, 0.15) is 0 Å². The third-order valence-electron chi connectivity index (χ3n) is 3.43. The van der Waals surface area contributed by atoms with Crippen LogP contribution in [0.4, 0.5) is 12.9 Å². The predicted molar refractivity (Wildman–Crippen MR) is 70.9 cm³/mol. The minimum absolute atomic E-state index is 0.0295. The molecule has 0 atom stereocenters. The standard InChI is InChI=1S/C14H13BF3O/c16-15(17,18)14-12-4-2-1-3-11(12)7-8-13(14)19-9-10-5-6-10/h1-4,7-8,10H,5-6,9H2/q-1. The minimum atomic E-state index is -5.09. The Labute approximate surface area is 109 Å². The van der Waals surface area contributed by atoms with E-state index in [-0.39, 0.29) is 11.1 Å². The van der Waals surface area contributed by atoms with Crippen LogP contribution in [0.15, 0.2) is 36.4 Å². The van der Waals surface area contributed by atoms with Crippen LogP contribution in [0.1, 0.15) is 12.8 Å². The molecule has 1 aliphatic carbocycles. The van der Waals surface area contributed by atoms with Crippen molar-refractivity contribution in [2.75, 3.05) is 6.61 Å². The van der Waals surface area contributed by atoms with E-state index in [9.17, 15) is 12.9 Å². The number of benzene rings is 2. The van der Waals surface area contributed by atoms with Crippen LogP contribution in [0.5, 0.6) is 5.75 Å². The van der Waals surface area contributed by atoms with E-state index in [4.69, 9.17) is 4.74 Å². The van der Waals surface area contributed by atoms with Crippen molar-refractivity contribution in [3.05, 3.63) is 36.4 Å². The fourth-order valence-electron chi connectivity index (χ4n) is 2.23. The van der Waals surface area contributed by atoms with E-state index in [1.165, 1.54) is 12.1 Å². The van der Waals surface area contributed by atoms with Crippen molar-refractivity contribution in [3.8, 4) is 5.75 Å². The lowest BCUT2D eigenvalue weighted by Crippen LogP contribution is -2.36. The maximum atomic E-state index is 13.3. The molecule has 2 aromatic carbocycles. The first-order chi connectivity index (χ1) is 9.05. The van der Waals surface area contributed by atoms with E-state index in [1.54, 1.807) is 24.3 Å². The molecule has 0 bridgehead atoms. The molecular weight excluding hydrogens is 252 g/mol. The van der Waals surface area contributed by atoms with Gasteiger partial charge in [0.05, 0.1) is 12.4 Å². The highest BCUT2D eigenvalue weighted by atomic mass is 19.4. The molecule has 0 aromatic heterocycles. The van der Waals surface area contributed by atoms with Gasteiger partial charge in [0.15, 0.2) is 0 Å². The third-order valence-corrected chi connectivity index (χ3v) is 3.43. The summed E-state index contributed by atoms with van der Waals surface area (Å²) in [4.78, 5) is 0. The topological polar surface area (TPSA) is 9.23 Å². The average molecular weight is 265 g/mol. The Morgan fingerprint density at radius 1 is 1.05 bits per heavy atom. The Hall–Kier alpha value is -1.65. The summed E-state index contributed by atoms with van der Waals surface area (Å²) < 4.78 is 45.3. The van der Waals surface area contributed by atoms with Gasteiger partial charge in [-0.05, 0) is 35.6 Å². The van der Waals surface area contributed by atoms with Crippen LogP contribution in [0.3, 0.4) is 0 Å². The van der Waals surface area contributed by atoms with E-state index in [0.29, 0.717) is 17.9 Å². The van der Waals surface area contributed by atoms with Crippen molar-refractivity contribution in [1.82, 2.24) is 0 Å². The second kappa shape index (κ2) is 4.47. The molecule has 2 aromatic rings. The summed E-state index contributed by atoms with van der Waals surface area (Å²) in [6.45, 7) is -4.70. The lowest BCUT2D eigenvalue weighted by Gasteiger charge is -2.22. The maximum Gasteiger partial charge on any atom is 0.513 e. The summed E-state index contributed by atoms with van der Waals surface area (Å²) in [7, 11) is 0.